The van der Waals surface area contributed by atoms with E-state index in [-0.39, 0.29) is 5.82 Å². The Kier molecular flexibility index (Phi) is 5.63. The first-order chi connectivity index (χ1) is 12.7. The summed E-state index contributed by atoms with van der Waals surface area (Å²) < 4.78 is 19.3. The maximum atomic E-state index is 13.4. The van der Waals surface area contributed by atoms with Gasteiger partial charge >= 0.3 is 0 Å². The van der Waals surface area contributed by atoms with Gasteiger partial charge in [-0.1, -0.05) is 25.4 Å². The summed E-state index contributed by atoms with van der Waals surface area (Å²) in [4.78, 5) is 8.68. The van der Waals surface area contributed by atoms with Gasteiger partial charge in [0.2, 0.25) is 0 Å². The summed E-state index contributed by atoms with van der Waals surface area (Å²) in [5, 5.41) is 1.26. The second kappa shape index (κ2) is 7.79. The minimum Gasteiger partial charge on any atom is -0.488 e. The molecule has 3 aromatic rings. The quantitative estimate of drug-likeness (QED) is 0.629. The van der Waals surface area contributed by atoms with Gasteiger partial charge in [0.1, 0.15) is 12.4 Å². The molecule has 0 spiro atoms. The molecule has 0 bridgehead atoms. The van der Waals surface area contributed by atoms with E-state index < -0.39 is 5.54 Å². The number of rotatable bonds is 6. The second-order valence-corrected chi connectivity index (χ2v) is 7.97. The number of ether oxygens (including phenoxy) is 1. The van der Waals surface area contributed by atoms with E-state index in [1.807, 2.05) is 13.0 Å². The molecule has 0 aliphatic rings. The van der Waals surface area contributed by atoms with Crippen molar-refractivity contribution < 1.29 is 9.13 Å². The Morgan fingerprint density at radius 2 is 2.00 bits per heavy atom. The third-order valence-electron chi connectivity index (χ3n) is 4.23. The summed E-state index contributed by atoms with van der Waals surface area (Å²) in [7, 11) is 0. The molecule has 0 aliphatic carbocycles. The van der Waals surface area contributed by atoms with Crippen LogP contribution in [0.5, 0.6) is 5.75 Å². The number of hydrogen-bond acceptors (Lipinski definition) is 4. The van der Waals surface area contributed by atoms with Crippen LogP contribution < -0.4 is 10.5 Å². The first kappa shape index (κ1) is 19.5. The van der Waals surface area contributed by atoms with Gasteiger partial charge in [0.05, 0.1) is 22.4 Å². The van der Waals surface area contributed by atoms with Gasteiger partial charge in [-0.05, 0) is 43.5 Å². The minimum atomic E-state index is -0.443. The number of aromatic nitrogens is 2. The Morgan fingerprint density at radius 1 is 1.22 bits per heavy atom. The minimum absolute atomic E-state index is 0.326. The highest BCUT2D eigenvalue weighted by Crippen LogP contribution is 2.32. The molecule has 27 heavy (non-hydrogen) atoms. The number of fused-ring (bicyclic) bond motifs is 1. The molecule has 1 atom stereocenters. The van der Waals surface area contributed by atoms with Crippen LogP contribution in [-0.2, 0) is 0 Å². The summed E-state index contributed by atoms with van der Waals surface area (Å²) in [5.41, 5.74) is 7.91. The molecule has 142 valence electrons. The maximum Gasteiger partial charge on any atom is 0.156 e. The van der Waals surface area contributed by atoms with E-state index >= 15 is 0 Å². The van der Waals surface area contributed by atoms with E-state index in [1.165, 1.54) is 12.1 Å². The Balaban J connectivity index is 1.85. The lowest BCUT2D eigenvalue weighted by atomic mass is 9.93. The lowest BCUT2D eigenvalue weighted by molar-refractivity contribution is 0.206. The summed E-state index contributed by atoms with van der Waals surface area (Å²) in [6, 6.07) is 8.07. The predicted octanol–water partition coefficient (Wildman–Crippen LogP) is 5.23. The van der Waals surface area contributed by atoms with Crippen molar-refractivity contribution in [1.82, 2.24) is 9.97 Å². The average Bonchev–Trinajstić information content (AvgIpc) is 2.58. The third kappa shape index (κ3) is 4.73. The van der Waals surface area contributed by atoms with E-state index in [1.54, 1.807) is 24.5 Å². The molecule has 1 aromatic carbocycles. The zero-order valence-electron chi connectivity index (χ0n) is 15.7. The first-order valence-electron chi connectivity index (χ1n) is 8.87. The fourth-order valence-electron chi connectivity index (χ4n) is 3.25. The van der Waals surface area contributed by atoms with Crippen LogP contribution in [0.15, 0.2) is 42.7 Å². The summed E-state index contributed by atoms with van der Waals surface area (Å²) in [6.07, 6.45) is 4.07. The number of benzene rings is 1. The third-order valence-corrected chi connectivity index (χ3v) is 4.53. The molecule has 0 aliphatic heterocycles. The summed E-state index contributed by atoms with van der Waals surface area (Å²) in [6.45, 7) is 6.56. The van der Waals surface area contributed by atoms with Crippen molar-refractivity contribution in [3.05, 3.63) is 53.6 Å². The SMILES string of the molecule is CC(C)C[C@](C)(N)COc1cnc(-c2ccnc3cc(F)ccc23)cc1Cl. The smallest absolute Gasteiger partial charge is 0.156 e. The Hall–Kier alpha value is -2.24. The second-order valence-electron chi connectivity index (χ2n) is 7.56. The Labute approximate surface area is 163 Å². The number of hydrogen-bond donors (Lipinski definition) is 1. The van der Waals surface area contributed by atoms with Gasteiger partial charge in [-0.3, -0.25) is 9.97 Å². The van der Waals surface area contributed by atoms with Crippen LogP contribution in [0.4, 0.5) is 4.39 Å². The van der Waals surface area contributed by atoms with E-state index in [2.05, 4.69) is 23.8 Å². The highest BCUT2D eigenvalue weighted by Gasteiger charge is 2.22. The first-order valence-corrected chi connectivity index (χ1v) is 9.25. The molecule has 0 saturated carbocycles. The van der Waals surface area contributed by atoms with Crippen molar-refractivity contribution in [2.24, 2.45) is 11.7 Å². The molecule has 0 amide bonds. The highest BCUT2D eigenvalue weighted by molar-refractivity contribution is 6.32. The molecule has 2 aromatic heterocycles. The monoisotopic (exact) mass is 387 g/mol. The predicted molar refractivity (Wildman–Crippen MR) is 107 cm³/mol. The molecule has 0 radical (unpaired) electrons. The van der Waals surface area contributed by atoms with Crippen LogP contribution in [0.3, 0.4) is 0 Å². The molecule has 0 unspecified atom stereocenters. The normalized spacial score (nSPS) is 13.7. The fourth-order valence-corrected chi connectivity index (χ4v) is 3.46. The molecular weight excluding hydrogens is 365 g/mol. The standard InChI is InChI=1S/C21H23ClFN3O/c1-13(2)10-21(3,24)12-27-20-11-26-19(9-17(20)22)16-6-7-25-18-8-14(23)4-5-15(16)18/h4-9,11,13H,10,12,24H2,1-3H3/t21-/m0/s1. The molecule has 0 saturated heterocycles. The molecule has 2 N–H and O–H groups in total. The van der Waals surface area contributed by atoms with Crippen LogP contribution in [0, 0.1) is 11.7 Å². The average molecular weight is 388 g/mol. The van der Waals surface area contributed by atoms with Crippen LogP contribution in [-0.4, -0.2) is 22.1 Å². The number of nitrogens with two attached hydrogens (primary N) is 1. The van der Waals surface area contributed by atoms with Crippen molar-refractivity contribution in [3.8, 4) is 17.0 Å². The van der Waals surface area contributed by atoms with Crippen molar-refractivity contribution in [1.29, 1.82) is 0 Å². The van der Waals surface area contributed by atoms with Gasteiger partial charge < -0.3 is 10.5 Å². The molecular formula is C21H23ClFN3O. The van der Waals surface area contributed by atoms with Crippen LogP contribution in [0.1, 0.15) is 27.2 Å². The topological polar surface area (TPSA) is 61.0 Å². The zero-order chi connectivity index (χ0) is 19.6. The van der Waals surface area contributed by atoms with Gasteiger partial charge in [-0.15, -0.1) is 0 Å². The van der Waals surface area contributed by atoms with Crippen LogP contribution >= 0.6 is 11.6 Å². The van der Waals surface area contributed by atoms with Gasteiger partial charge in [-0.25, -0.2) is 4.39 Å². The van der Waals surface area contributed by atoms with Crippen LogP contribution in [0.2, 0.25) is 5.02 Å². The van der Waals surface area contributed by atoms with Crippen molar-refractivity contribution in [3.63, 3.8) is 0 Å². The van der Waals surface area contributed by atoms with Gasteiger partial charge in [0.15, 0.2) is 5.75 Å². The zero-order valence-corrected chi connectivity index (χ0v) is 16.4. The Bertz CT molecular complexity index is 959. The van der Waals surface area contributed by atoms with Crippen LogP contribution in [0.25, 0.3) is 22.2 Å². The van der Waals surface area contributed by atoms with Gasteiger partial charge in [0, 0.05) is 28.8 Å². The maximum absolute atomic E-state index is 13.4. The lowest BCUT2D eigenvalue weighted by Gasteiger charge is -2.26. The number of pyridine rings is 2. The fraction of sp³-hybridized carbons (Fsp3) is 0.333. The van der Waals surface area contributed by atoms with E-state index in [9.17, 15) is 4.39 Å². The van der Waals surface area contributed by atoms with Gasteiger partial charge in [-0.2, -0.15) is 0 Å². The Morgan fingerprint density at radius 3 is 2.70 bits per heavy atom. The number of nitrogens with zero attached hydrogens (tertiary/aromatic N) is 2. The van der Waals surface area contributed by atoms with Crippen molar-refractivity contribution in [2.75, 3.05) is 6.61 Å². The lowest BCUT2D eigenvalue weighted by Crippen LogP contribution is -2.43. The summed E-state index contributed by atoms with van der Waals surface area (Å²) >= 11 is 6.41. The van der Waals surface area contributed by atoms with Crippen molar-refractivity contribution in [2.45, 2.75) is 32.7 Å². The van der Waals surface area contributed by atoms with E-state index in [4.69, 9.17) is 22.1 Å². The van der Waals surface area contributed by atoms with Gasteiger partial charge in [0.25, 0.3) is 0 Å². The van der Waals surface area contributed by atoms with E-state index in [0.717, 1.165) is 17.4 Å². The van der Waals surface area contributed by atoms with Crippen molar-refractivity contribution >= 4 is 22.5 Å². The molecule has 4 nitrogen and oxygen atoms in total. The molecule has 2 heterocycles. The molecule has 3 rings (SSSR count). The summed E-state index contributed by atoms with van der Waals surface area (Å²) in [5.74, 6) is 0.641. The molecule has 0 fully saturated rings. The number of halogens is 2. The van der Waals surface area contributed by atoms with E-state index in [0.29, 0.717) is 34.5 Å². The highest BCUT2D eigenvalue weighted by atomic mass is 35.5. The molecule has 6 heteroatoms. The largest absolute Gasteiger partial charge is 0.488 e.